The Morgan fingerprint density at radius 3 is 3.11 bits per heavy atom. The minimum Gasteiger partial charge on any atom is -0.350 e. The normalized spacial score (nSPS) is 23.3. The summed E-state index contributed by atoms with van der Waals surface area (Å²) < 4.78 is 1.76. The number of rotatable bonds is 4. The van der Waals surface area contributed by atoms with Crippen molar-refractivity contribution in [2.45, 2.75) is 33.7 Å². The van der Waals surface area contributed by atoms with E-state index in [0.29, 0.717) is 17.5 Å². The molecule has 0 aromatic carbocycles. The van der Waals surface area contributed by atoms with Crippen LogP contribution in [0, 0.1) is 18.8 Å². The fourth-order valence-corrected chi connectivity index (χ4v) is 2.61. The van der Waals surface area contributed by atoms with E-state index < -0.39 is 0 Å². The van der Waals surface area contributed by atoms with Gasteiger partial charge in [0, 0.05) is 13.1 Å². The first-order valence-corrected chi connectivity index (χ1v) is 7.15. The molecular weight excluding hydrogens is 240 g/mol. The maximum absolute atomic E-state index is 12.2. The molecule has 2 N–H and O–H groups in total. The molecule has 2 atom stereocenters. The summed E-state index contributed by atoms with van der Waals surface area (Å²) in [5.74, 6) is 1.18. The molecule has 5 nitrogen and oxygen atoms in total. The van der Waals surface area contributed by atoms with Crippen molar-refractivity contribution in [3.8, 4) is 0 Å². The summed E-state index contributed by atoms with van der Waals surface area (Å²) in [6.07, 6.45) is 1.19. The van der Waals surface area contributed by atoms with E-state index in [9.17, 15) is 4.79 Å². The van der Waals surface area contributed by atoms with Gasteiger partial charge in [-0.05, 0) is 51.3 Å². The lowest BCUT2D eigenvalue weighted by molar-refractivity contribution is 0.0928. The highest BCUT2D eigenvalue weighted by molar-refractivity contribution is 5.92. The van der Waals surface area contributed by atoms with Crippen molar-refractivity contribution in [1.82, 2.24) is 20.4 Å². The van der Waals surface area contributed by atoms with Gasteiger partial charge in [-0.3, -0.25) is 9.48 Å². The number of hydrogen-bond donors (Lipinski definition) is 2. The molecule has 2 rings (SSSR count). The number of piperidine rings is 1. The van der Waals surface area contributed by atoms with Gasteiger partial charge in [-0.15, -0.1) is 0 Å². The maximum atomic E-state index is 12.2. The van der Waals surface area contributed by atoms with Gasteiger partial charge in [0.05, 0.1) is 5.69 Å². The number of hydrogen-bond acceptors (Lipinski definition) is 3. The number of aromatic nitrogens is 2. The Hall–Kier alpha value is -1.36. The maximum Gasteiger partial charge on any atom is 0.269 e. The molecule has 0 radical (unpaired) electrons. The summed E-state index contributed by atoms with van der Waals surface area (Å²) in [5, 5.41) is 10.7. The van der Waals surface area contributed by atoms with Crippen molar-refractivity contribution in [1.29, 1.82) is 0 Å². The molecule has 1 saturated heterocycles. The molecule has 0 aliphatic carbocycles. The van der Waals surface area contributed by atoms with Crippen molar-refractivity contribution in [3.05, 3.63) is 17.5 Å². The monoisotopic (exact) mass is 264 g/mol. The minimum absolute atomic E-state index is 0.0137. The van der Waals surface area contributed by atoms with E-state index in [1.165, 1.54) is 6.42 Å². The Morgan fingerprint density at radius 1 is 1.63 bits per heavy atom. The van der Waals surface area contributed by atoms with Crippen LogP contribution >= 0.6 is 0 Å². The smallest absolute Gasteiger partial charge is 0.269 e. The average Bonchev–Trinajstić information content (AvgIpc) is 2.79. The summed E-state index contributed by atoms with van der Waals surface area (Å²) in [4.78, 5) is 12.2. The third-order valence-electron chi connectivity index (χ3n) is 3.95. The van der Waals surface area contributed by atoms with Gasteiger partial charge in [0.15, 0.2) is 0 Å². The van der Waals surface area contributed by atoms with Crippen molar-refractivity contribution < 1.29 is 4.79 Å². The van der Waals surface area contributed by atoms with Crippen LogP contribution in [-0.2, 0) is 6.54 Å². The molecule has 5 heteroatoms. The summed E-state index contributed by atoms with van der Waals surface area (Å²) in [6.45, 7) is 9.71. The second-order valence-corrected chi connectivity index (χ2v) is 5.43. The van der Waals surface area contributed by atoms with Crippen molar-refractivity contribution in [2.75, 3.05) is 19.6 Å². The van der Waals surface area contributed by atoms with Crippen LogP contribution in [0.5, 0.6) is 0 Å². The van der Waals surface area contributed by atoms with Crippen molar-refractivity contribution >= 4 is 5.91 Å². The molecule has 0 bridgehead atoms. The van der Waals surface area contributed by atoms with Gasteiger partial charge in [0.25, 0.3) is 5.91 Å². The van der Waals surface area contributed by atoms with Gasteiger partial charge in [-0.25, -0.2) is 0 Å². The van der Waals surface area contributed by atoms with Crippen molar-refractivity contribution in [3.63, 3.8) is 0 Å². The van der Waals surface area contributed by atoms with E-state index >= 15 is 0 Å². The summed E-state index contributed by atoms with van der Waals surface area (Å²) in [7, 11) is 0. The van der Waals surface area contributed by atoms with Gasteiger partial charge in [-0.1, -0.05) is 6.92 Å². The van der Waals surface area contributed by atoms with E-state index in [2.05, 4.69) is 22.7 Å². The summed E-state index contributed by atoms with van der Waals surface area (Å²) in [6, 6.07) is 1.85. The van der Waals surface area contributed by atoms with E-state index in [-0.39, 0.29) is 5.91 Å². The first kappa shape index (κ1) is 14.1. The van der Waals surface area contributed by atoms with Gasteiger partial charge in [0.1, 0.15) is 5.69 Å². The number of aryl methyl sites for hydroxylation is 2. The first-order valence-electron chi connectivity index (χ1n) is 7.15. The van der Waals surface area contributed by atoms with Crippen LogP contribution in [0.25, 0.3) is 0 Å². The van der Waals surface area contributed by atoms with E-state index in [1.54, 1.807) is 4.68 Å². The lowest BCUT2D eigenvalue weighted by Crippen LogP contribution is -2.42. The molecule has 0 spiro atoms. The third-order valence-corrected chi connectivity index (χ3v) is 3.95. The molecule has 1 aromatic heterocycles. The fraction of sp³-hybridized carbons (Fsp3) is 0.714. The van der Waals surface area contributed by atoms with Gasteiger partial charge < -0.3 is 10.6 Å². The number of nitrogens with one attached hydrogen (secondary N) is 2. The van der Waals surface area contributed by atoms with E-state index in [0.717, 1.165) is 31.9 Å². The zero-order chi connectivity index (χ0) is 13.8. The number of nitrogens with zero attached hydrogens (tertiary/aromatic N) is 2. The molecular formula is C14H24N4O. The molecule has 0 saturated carbocycles. The topological polar surface area (TPSA) is 59.0 Å². The highest BCUT2D eigenvalue weighted by Gasteiger charge is 2.22. The number of carbonyl (C=O) groups excluding carboxylic acids is 1. The predicted molar refractivity (Wildman–Crippen MR) is 75.1 cm³/mol. The molecule has 19 heavy (non-hydrogen) atoms. The molecule has 1 aliphatic heterocycles. The van der Waals surface area contributed by atoms with E-state index in [4.69, 9.17) is 0 Å². The lowest BCUT2D eigenvalue weighted by Gasteiger charge is -2.29. The standard InChI is InChI=1S/C14H24N4O/c1-4-18-13(7-11(3)17-18)14(19)16-9-12-8-15-6-5-10(12)2/h7,10,12,15H,4-6,8-9H2,1-3H3,(H,16,19). The molecule has 106 valence electrons. The second-order valence-electron chi connectivity index (χ2n) is 5.43. The summed E-state index contributed by atoms with van der Waals surface area (Å²) >= 11 is 0. The van der Waals surface area contributed by atoms with Crippen LogP contribution in [0.15, 0.2) is 6.07 Å². The number of carbonyl (C=O) groups is 1. The zero-order valence-corrected chi connectivity index (χ0v) is 12.1. The molecule has 1 aromatic rings. The second kappa shape index (κ2) is 6.19. The predicted octanol–water partition coefficient (Wildman–Crippen LogP) is 1.19. The average molecular weight is 264 g/mol. The quantitative estimate of drug-likeness (QED) is 0.858. The lowest BCUT2D eigenvalue weighted by atomic mass is 9.88. The van der Waals surface area contributed by atoms with Crippen LogP contribution in [-0.4, -0.2) is 35.3 Å². The largest absolute Gasteiger partial charge is 0.350 e. The van der Waals surface area contributed by atoms with Gasteiger partial charge in [-0.2, -0.15) is 5.10 Å². The third kappa shape index (κ3) is 3.35. The van der Waals surface area contributed by atoms with Crippen LogP contribution in [0.3, 0.4) is 0 Å². The Morgan fingerprint density at radius 2 is 2.42 bits per heavy atom. The first-order chi connectivity index (χ1) is 9.11. The Labute approximate surface area is 114 Å². The highest BCUT2D eigenvalue weighted by Crippen LogP contribution is 2.17. The fourth-order valence-electron chi connectivity index (χ4n) is 2.61. The Kier molecular flexibility index (Phi) is 4.58. The molecule has 1 aliphatic rings. The molecule has 1 fully saturated rings. The molecule has 2 unspecified atom stereocenters. The number of amides is 1. The Balaban J connectivity index is 1.93. The van der Waals surface area contributed by atoms with Gasteiger partial charge in [0.2, 0.25) is 0 Å². The van der Waals surface area contributed by atoms with E-state index in [1.807, 2.05) is 19.9 Å². The van der Waals surface area contributed by atoms with Crippen molar-refractivity contribution in [2.24, 2.45) is 11.8 Å². The van der Waals surface area contributed by atoms with Crippen LogP contribution in [0.2, 0.25) is 0 Å². The molecule has 2 heterocycles. The minimum atomic E-state index is -0.0137. The Bertz CT molecular complexity index is 441. The highest BCUT2D eigenvalue weighted by atomic mass is 16.2. The van der Waals surface area contributed by atoms with Gasteiger partial charge >= 0.3 is 0 Å². The zero-order valence-electron chi connectivity index (χ0n) is 12.1. The SMILES string of the molecule is CCn1nc(C)cc1C(=O)NCC1CNCCC1C. The molecule has 1 amide bonds. The summed E-state index contributed by atoms with van der Waals surface area (Å²) in [5.41, 5.74) is 1.55. The van der Waals surface area contributed by atoms with Crippen LogP contribution in [0.1, 0.15) is 36.5 Å². The van der Waals surface area contributed by atoms with Crippen LogP contribution in [0.4, 0.5) is 0 Å². The van der Waals surface area contributed by atoms with Crippen LogP contribution < -0.4 is 10.6 Å².